The average Bonchev–Trinajstić information content (AvgIpc) is 2.71. The van der Waals surface area contributed by atoms with Crippen LogP contribution in [0.1, 0.15) is 16.7 Å². The van der Waals surface area contributed by atoms with Crippen molar-refractivity contribution < 1.29 is 14.3 Å². The minimum Gasteiger partial charge on any atom is -0.468 e. The third-order valence-electron chi connectivity index (χ3n) is 4.38. The number of carbonyl (C=O) groups is 1. The van der Waals surface area contributed by atoms with E-state index in [0.717, 1.165) is 33.0 Å². The highest BCUT2D eigenvalue weighted by Crippen LogP contribution is 2.41. The minimum atomic E-state index is -0.290. The Kier molecular flexibility index (Phi) is 4.81. The molecule has 136 valence electrons. The van der Waals surface area contributed by atoms with E-state index in [1.165, 1.54) is 18.9 Å². The molecule has 0 saturated heterocycles. The average molecular weight is 378 g/mol. The van der Waals surface area contributed by atoms with E-state index >= 15 is 0 Å². The largest absolute Gasteiger partial charge is 0.468 e. The number of methoxy groups -OCH3 is 1. The summed E-state index contributed by atoms with van der Waals surface area (Å²) in [6.07, 6.45) is 0.672. The Morgan fingerprint density at radius 1 is 1.15 bits per heavy atom. The van der Waals surface area contributed by atoms with E-state index in [1.807, 2.05) is 55.5 Å². The summed E-state index contributed by atoms with van der Waals surface area (Å²) in [5, 5.41) is 0.747. The van der Waals surface area contributed by atoms with Crippen LogP contribution < -0.4 is 4.74 Å². The van der Waals surface area contributed by atoms with Gasteiger partial charge in [0, 0.05) is 12.0 Å². The summed E-state index contributed by atoms with van der Waals surface area (Å²) in [5.41, 5.74) is 3.97. The van der Waals surface area contributed by atoms with Crippen LogP contribution in [0.2, 0.25) is 0 Å². The third kappa shape index (κ3) is 3.53. The number of ether oxygens (including phenoxy) is 2. The number of rotatable bonds is 4. The van der Waals surface area contributed by atoms with E-state index in [1.54, 1.807) is 0 Å². The number of hydrogen-bond acceptors (Lipinski definition) is 6. The van der Waals surface area contributed by atoms with Crippen LogP contribution in [0, 0.1) is 6.92 Å². The second-order valence-electron chi connectivity index (χ2n) is 6.21. The molecule has 0 saturated carbocycles. The van der Waals surface area contributed by atoms with Gasteiger partial charge in [-0.25, -0.2) is 4.98 Å². The van der Waals surface area contributed by atoms with E-state index in [0.29, 0.717) is 18.1 Å². The number of para-hydroxylation sites is 1. The van der Waals surface area contributed by atoms with Crippen LogP contribution >= 0.6 is 11.8 Å². The number of aromatic nitrogens is 2. The normalized spacial score (nSPS) is 11.9. The Morgan fingerprint density at radius 2 is 1.96 bits per heavy atom. The minimum absolute atomic E-state index is 0.189. The molecule has 0 bridgehead atoms. The van der Waals surface area contributed by atoms with Crippen LogP contribution in [0.15, 0.2) is 53.6 Å². The smallest absolute Gasteiger partial charge is 0.316 e. The molecule has 1 aliphatic heterocycles. The first-order valence-electron chi connectivity index (χ1n) is 8.58. The first-order chi connectivity index (χ1) is 13.2. The molecular formula is C21H18N2O3S. The van der Waals surface area contributed by atoms with Gasteiger partial charge in [-0.1, -0.05) is 60.3 Å². The highest BCUT2D eigenvalue weighted by molar-refractivity contribution is 7.99. The summed E-state index contributed by atoms with van der Waals surface area (Å²) < 4.78 is 10.9. The number of nitrogens with zero attached hydrogens (tertiary/aromatic N) is 2. The Labute approximate surface area is 161 Å². The maximum absolute atomic E-state index is 11.6. The van der Waals surface area contributed by atoms with Crippen LogP contribution in [-0.2, 0) is 16.0 Å². The van der Waals surface area contributed by atoms with Crippen molar-refractivity contribution in [2.75, 3.05) is 12.9 Å². The number of hydrogen-bond donors (Lipinski definition) is 0. The van der Waals surface area contributed by atoms with Crippen LogP contribution in [0.25, 0.3) is 11.4 Å². The van der Waals surface area contributed by atoms with Gasteiger partial charge in [-0.15, -0.1) is 0 Å². The van der Waals surface area contributed by atoms with Gasteiger partial charge in [0.05, 0.1) is 18.4 Å². The molecule has 6 heteroatoms. The number of fused-ring (bicyclic) bond motifs is 2. The lowest BCUT2D eigenvalue weighted by Gasteiger charge is -2.23. The summed E-state index contributed by atoms with van der Waals surface area (Å²) in [7, 11) is 1.38. The van der Waals surface area contributed by atoms with Gasteiger partial charge in [-0.3, -0.25) is 4.79 Å². The molecule has 0 amide bonds. The number of benzene rings is 2. The van der Waals surface area contributed by atoms with Gasteiger partial charge in [0.15, 0.2) is 5.82 Å². The molecule has 1 aromatic heterocycles. The van der Waals surface area contributed by atoms with Crippen molar-refractivity contribution >= 4 is 17.7 Å². The Hall–Kier alpha value is -2.86. The maximum atomic E-state index is 11.6. The highest BCUT2D eigenvalue weighted by atomic mass is 32.2. The molecule has 2 aromatic carbocycles. The Bertz CT molecular complexity index is 1010. The van der Waals surface area contributed by atoms with E-state index < -0.39 is 0 Å². The van der Waals surface area contributed by atoms with E-state index in [9.17, 15) is 4.79 Å². The molecule has 0 atom stereocenters. The van der Waals surface area contributed by atoms with Crippen LogP contribution in [0.4, 0.5) is 0 Å². The molecule has 0 N–H and O–H groups in total. The van der Waals surface area contributed by atoms with Crippen molar-refractivity contribution in [2.24, 2.45) is 0 Å². The number of thioether (sulfide) groups is 1. The molecular weight excluding hydrogens is 360 g/mol. The zero-order valence-electron chi connectivity index (χ0n) is 15.1. The van der Waals surface area contributed by atoms with Gasteiger partial charge in [0.1, 0.15) is 10.8 Å². The molecule has 5 nitrogen and oxygen atoms in total. The predicted octanol–water partition coefficient (Wildman–Crippen LogP) is 4.41. The van der Waals surface area contributed by atoms with Gasteiger partial charge < -0.3 is 9.47 Å². The zero-order valence-corrected chi connectivity index (χ0v) is 15.9. The standard InChI is InChI=1S/C21H18N2O3S/c1-13-7-6-10-15-11-16-20(26-18(13)15)22-19(14-8-4-3-5-9-14)23-21(16)27-12-17(24)25-2/h3-10H,11-12H2,1-2H3. The SMILES string of the molecule is COC(=O)CSc1nc(-c2ccccc2)nc2c1Cc1cccc(C)c1O2. The summed E-state index contributed by atoms with van der Waals surface area (Å²) >= 11 is 1.35. The molecule has 0 radical (unpaired) electrons. The lowest BCUT2D eigenvalue weighted by Crippen LogP contribution is -2.11. The second-order valence-corrected chi connectivity index (χ2v) is 7.17. The Morgan fingerprint density at radius 3 is 2.74 bits per heavy atom. The van der Waals surface area contributed by atoms with Gasteiger partial charge in [-0.05, 0) is 18.1 Å². The highest BCUT2D eigenvalue weighted by Gasteiger charge is 2.25. The molecule has 27 heavy (non-hydrogen) atoms. The fraction of sp³-hybridized carbons (Fsp3) is 0.190. The molecule has 3 aromatic rings. The lowest BCUT2D eigenvalue weighted by atomic mass is 10.0. The fourth-order valence-corrected chi connectivity index (χ4v) is 3.84. The second kappa shape index (κ2) is 7.40. The van der Waals surface area contributed by atoms with Crippen molar-refractivity contribution in [2.45, 2.75) is 18.4 Å². The van der Waals surface area contributed by atoms with Gasteiger partial charge >= 0.3 is 5.97 Å². The van der Waals surface area contributed by atoms with Crippen molar-refractivity contribution in [1.29, 1.82) is 0 Å². The number of carbonyl (C=O) groups excluding carboxylic acids is 1. The first kappa shape index (κ1) is 17.5. The summed E-state index contributed by atoms with van der Waals surface area (Å²) in [6.45, 7) is 2.02. The van der Waals surface area contributed by atoms with Crippen LogP contribution in [-0.4, -0.2) is 28.8 Å². The van der Waals surface area contributed by atoms with Crippen molar-refractivity contribution in [3.05, 3.63) is 65.2 Å². The summed E-state index contributed by atoms with van der Waals surface area (Å²) in [4.78, 5) is 21.0. The van der Waals surface area contributed by atoms with Gasteiger partial charge in [0.2, 0.25) is 5.88 Å². The van der Waals surface area contributed by atoms with Gasteiger partial charge in [-0.2, -0.15) is 4.98 Å². The Balaban J connectivity index is 1.79. The molecule has 4 rings (SSSR count). The van der Waals surface area contributed by atoms with Crippen molar-refractivity contribution in [3.8, 4) is 23.0 Å². The monoisotopic (exact) mass is 378 g/mol. The first-order valence-corrected chi connectivity index (χ1v) is 9.56. The molecule has 0 aliphatic carbocycles. The maximum Gasteiger partial charge on any atom is 0.316 e. The van der Waals surface area contributed by atoms with E-state index in [-0.39, 0.29) is 11.7 Å². The molecule has 2 heterocycles. The molecule has 0 fully saturated rings. The van der Waals surface area contributed by atoms with Gasteiger partial charge in [0.25, 0.3) is 0 Å². The lowest BCUT2D eigenvalue weighted by molar-refractivity contribution is -0.137. The predicted molar refractivity (Wildman–Crippen MR) is 104 cm³/mol. The molecule has 0 unspecified atom stereocenters. The summed E-state index contributed by atoms with van der Waals surface area (Å²) in [6, 6.07) is 15.8. The topological polar surface area (TPSA) is 61.3 Å². The number of esters is 1. The number of aryl methyl sites for hydroxylation is 1. The van der Waals surface area contributed by atoms with E-state index in [2.05, 4.69) is 4.98 Å². The van der Waals surface area contributed by atoms with Crippen molar-refractivity contribution in [1.82, 2.24) is 9.97 Å². The van der Waals surface area contributed by atoms with Crippen LogP contribution in [0.5, 0.6) is 11.6 Å². The fourth-order valence-electron chi connectivity index (χ4n) is 2.99. The third-order valence-corrected chi connectivity index (χ3v) is 5.37. The van der Waals surface area contributed by atoms with Crippen LogP contribution in [0.3, 0.4) is 0 Å². The van der Waals surface area contributed by atoms with Crippen molar-refractivity contribution in [3.63, 3.8) is 0 Å². The van der Waals surface area contributed by atoms with E-state index in [4.69, 9.17) is 14.5 Å². The quantitative estimate of drug-likeness (QED) is 0.298. The molecule has 0 spiro atoms. The zero-order chi connectivity index (χ0) is 18.8. The molecule has 1 aliphatic rings. The summed E-state index contributed by atoms with van der Waals surface area (Å²) in [5.74, 6) is 1.89.